The van der Waals surface area contributed by atoms with Crippen LogP contribution >= 0.6 is 11.8 Å². The number of nitrogens with two attached hydrogens (primary N) is 1. The molecule has 0 aliphatic heterocycles. The first-order valence-electron chi connectivity index (χ1n) is 5.31. The molecule has 1 aromatic heterocycles. The van der Waals surface area contributed by atoms with Gasteiger partial charge in [0.2, 0.25) is 0 Å². The van der Waals surface area contributed by atoms with Gasteiger partial charge in [0.05, 0.1) is 0 Å². The predicted molar refractivity (Wildman–Crippen MR) is 67.4 cm³/mol. The summed E-state index contributed by atoms with van der Waals surface area (Å²) in [7, 11) is 0. The molecule has 0 aliphatic carbocycles. The van der Waals surface area contributed by atoms with Crippen molar-refractivity contribution >= 4 is 11.8 Å². The third kappa shape index (κ3) is 3.05. The largest absolute Gasteiger partial charge is 0.324 e. The molecule has 0 fully saturated rings. The molecule has 88 valence electrons. The third-order valence-electron chi connectivity index (χ3n) is 2.32. The van der Waals surface area contributed by atoms with Crippen molar-refractivity contribution in [1.29, 1.82) is 0 Å². The number of hydrogen-bond donors (Lipinski definition) is 1. The third-order valence-corrected chi connectivity index (χ3v) is 3.36. The summed E-state index contributed by atoms with van der Waals surface area (Å²) in [5.74, 6) is -0.234. The van der Waals surface area contributed by atoms with E-state index in [9.17, 15) is 4.39 Å². The number of pyridine rings is 1. The van der Waals surface area contributed by atoms with Crippen molar-refractivity contribution in [1.82, 2.24) is 4.98 Å². The van der Waals surface area contributed by atoms with E-state index in [1.807, 2.05) is 19.1 Å². The van der Waals surface area contributed by atoms with Gasteiger partial charge in [0.15, 0.2) is 0 Å². The SMILES string of the molecule is C[C@@H](N)c1cccnc1Sc1ccc(F)cc1. The van der Waals surface area contributed by atoms with Gasteiger partial charge >= 0.3 is 0 Å². The number of rotatable bonds is 3. The number of aromatic nitrogens is 1. The fraction of sp³-hybridized carbons (Fsp3) is 0.154. The molecule has 4 heteroatoms. The molecule has 0 saturated heterocycles. The molecule has 1 heterocycles. The zero-order valence-electron chi connectivity index (χ0n) is 9.43. The molecule has 0 saturated carbocycles. The summed E-state index contributed by atoms with van der Waals surface area (Å²) in [5, 5.41) is 0.870. The maximum atomic E-state index is 12.8. The summed E-state index contributed by atoms with van der Waals surface area (Å²) in [6.07, 6.45) is 1.73. The molecule has 0 bridgehead atoms. The van der Waals surface area contributed by atoms with E-state index < -0.39 is 0 Å². The second-order valence-corrected chi connectivity index (χ2v) is 4.80. The van der Waals surface area contributed by atoms with Crippen LogP contribution in [0.15, 0.2) is 52.5 Å². The first kappa shape index (κ1) is 12.1. The highest BCUT2D eigenvalue weighted by molar-refractivity contribution is 7.99. The van der Waals surface area contributed by atoms with E-state index >= 15 is 0 Å². The van der Waals surface area contributed by atoms with Gasteiger partial charge in [-0.1, -0.05) is 17.8 Å². The minimum atomic E-state index is -0.234. The van der Waals surface area contributed by atoms with Crippen LogP contribution in [0.3, 0.4) is 0 Å². The van der Waals surface area contributed by atoms with Crippen LogP contribution in [0.5, 0.6) is 0 Å². The van der Waals surface area contributed by atoms with Crippen molar-refractivity contribution in [2.45, 2.75) is 22.9 Å². The normalized spacial score (nSPS) is 12.4. The first-order chi connectivity index (χ1) is 8.16. The van der Waals surface area contributed by atoms with E-state index in [1.54, 1.807) is 18.3 Å². The van der Waals surface area contributed by atoms with Crippen LogP contribution in [-0.4, -0.2) is 4.98 Å². The second kappa shape index (κ2) is 5.29. The lowest BCUT2D eigenvalue weighted by Gasteiger charge is -2.10. The fourth-order valence-electron chi connectivity index (χ4n) is 1.45. The van der Waals surface area contributed by atoms with E-state index in [0.29, 0.717) is 0 Å². The summed E-state index contributed by atoms with van der Waals surface area (Å²) in [6, 6.07) is 10.1. The molecule has 0 radical (unpaired) electrons. The van der Waals surface area contributed by atoms with Gasteiger partial charge in [-0.3, -0.25) is 0 Å². The average molecular weight is 248 g/mol. The van der Waals surface area contributed by atoms with Crippen molar-refractivity contribution in [3.63, 3.8) is 0 Å². The molecule has 1 atom stereocenters. The van der Waals surface area contributed by atoms with Gasteiger partial charge in [-0.25, -0.2) is 9.37 Å². The molecular formula is C13H13FN2S. The van der Waals surface area contributed by atoms with Crippen molar-refractivity contribution in [3.8, 4) is 0 Å². The molecular weight excluding hydrogens is 235 g/mol. The topological polar surface area (TPSA) is 38.9 Å². The number of hydrogen-bond acceptors (Lipinski definition) is 3. The van der Waals surface area contributed by atoms with Crippen molar-refractivity contribution in [2.24, 2.45) is 5.73 Å². The summed E-state index contributed by atoms with van der Waals surface area (Å²) in [5.41, 5.74) is 6.88. The number of benzene rings is 1. The molecule has 0 unspecified atom stereocenters. The molecule has 1 aromatic carbocycles. The van der Waals surface area contributed by atoms with Gasteiger partial charge in [-0.2, -0.15) is 0 Å². The minimum absolute atomic E-state index is 0.0633. The Kier molecular flexibility index (Phi) is 3.76. The molecule has 2 rings (SSSR count). The van der Waals surface area contributed by atoms with Gasteiger partial charge < -0.3 is 5.73 Å². The number of nitrogens with zero attached hydrogens (tertiary/aromatic N) is 1. The van der Waals surface area contributed by atoms with Gasteiger partial charge in [-0.05, 0) is 37.3 Å². The van der Waals surface area contributed by atoms with Crippen LogP contribution in [0.25, 0.3) is 0 Å². The Morgan fingerprint density at radius 3 is 2.59 bits per heavy atom. The van der Waals surface area contributed by atoms with E-state index in [0.717, 1.165) is 15.5 Å². The molecule has 2 aromatic rings. The summed E-state index contributed by atoms with van der Waals surface area (Å²) < 4.78 is 12.8. The summed E-state index contributed by atoms with van der Waals surface area (Å²) in [6.45, 7) is 1.92. The van der Waals surface area contributed by atoms with E-state index in [4.69, 9.17) is 5.73 Å². The molecule has 0 spiro atoms. The Morgan fingerprint density at radius 1 is 1.24 bits per heavy atom. The van der Waals surface area contributed by atoms with Crippen LogP contribution in [0, 0.1) is 5.82 Å². The monoisotopic (exact) mass is 248 g/mol. The summed E-state index contributed by atoms with van der Waals surface area (Å²) >= 11 is 1.49. The van der Waals surface area contributed by atoms with Gasteiger partial charge in [0.25, 0.3) is 0 Å². The zero-order chi connectivity index (χ0) is 12.3. The fourth-order valence-corrected chi connectivity index (χ4v) is 2.43. The molecule has 0 amide bonds. The van der Waals surface area contributed by atoms with Crippen molar-refractivity contribution in [2.75, 3.05) is 0 Å². The summed E-state index contributed by atoms with van der Waals surface area (Å²) in [4.78, 5) is 5.26. The zero-order valence-corrected chi connectivity index (χ0v) is 10.2. The Hall–Kier alpha value is -1.39. The highest BCUT2D eigenvalue weighted by Crippen LogP contribution is 2.30. The Balaban J connectivity index is 2.26. The molecule has 2 N–H and O–H groups in total. The lowest BCUT2D eigenvalue weighted by atomic mass is 10.2. The van der Waals surface area contributed by atoms with Gasteiger partial charge in [0, 0.05) is 22.7 Å². The minimum Gasteiger partial charge on any atom is -0.324 e. The molecule has 0 aliphatic rings. The number of halogens is 1. The highest BCUT2D eigenvalue weighted by atomic mass is 32.2. The standard InChI is InChI=1S/C13H13FN2S/c1-9(15)12-3-2-8-16-13(12)17-11-6-4-10(14)5-7-11/h2-9H,15H2,1H3/t9-/m1/s1. The van der Waals surface area contributed by atoms with Crippen LogP contribution in [0.2, 0.25) is 0 Å². The lowest BCUT2D eigenvalue weighted by molar-refractivity contribution is 0.626. The second-order valence-electron chi connectivity index (χ2n) is 3.74. The van der Waals surface area contributed by atoms with Crippen LogP contribution in [0.4, 0.5) is 4.39 Å². The van der Waals surface area contributed by atoms with Crippen molar-refractivity contribution in [3.05, 3.63) is 54.0 Å². The average Bonchev–Trinajstić information content (AvgIpc) is 2.32. The Bertz CT molecular complexity index is 497. The van der Waals surface area contributed by atoms with Gasteiger partial charge in [0.1, 0.15) is 10.8 Å². The first-order valence-corrected chi connectivity index (χ1v) is 6.12. The van der Waals surface area contributed by atoms with E-state index in [2.05, 4.69) is 4.98 Å². The Labute approximate surface area is 104 Å². The smallest absolute Gasteiger partial charge is 0.123 e. The quantitative estimate of drug-likeness (QED) is 0.905. The maximum Gasteiger partial charge on any atom is 0.123 e. The van der Waals surface area contributed by atoms with Crippen molar-refractivity contribution < 1.29 is 4.39 Å². The van der Waals surface area contributed by atoms with Crippen LogP contribution in [-0.2, 0) is 0 Å². The predicted octanol–water partition coefficient (Wildman–Crippen LogP) is 3.39. The van der Waals surface area contributed by atoms with E-state index in [1.165, 1.54) is 23.9 Å². The van der Waals surface area contributed by atoms with Crippen LogP contribution in [0.1, 0.15) is 18.5 Å². The maximum absolute atomic E-state index is 12.8. The van der Waals surface area contributed by atoms with Crippen LogP contribution < -0.4 is 5.73 Å². The molecule has 2 nitrogen and oxygen atoms in total. The highest BCUT2D eigenvalue weighted by Gasteiger charge is 2.08. The molecule has 17 heavy (non-hydrogen) atoms. The Morgan fingerprint density at radius 2 is 1.94 bits per heavy atom. The van der Waals surface area contributed by atoms with E-state index in [-0.39, 0.29) is 11.9 Å². The van der Waals surface area contributed by atoms with Gasteiger partial charge in [-0.15, -0.1) is 0 Å². The lowest BCUT2D eigenvalue weighted by Crippen LogP contribution is -2.07.